The number of amides is 2. The van der Waals surface area contributed by atoms with Crippen LogP contribution in [0.4, 0.5) is 5.69 Å². The normalized spacial score (nSPS) is 20.2. The number of carbonyl (C=O) groups is 2. The largest absolute Gasteiger partial charge is 0.489 e. The monoisotopic (exact) mass is 346 g/mol. The lowest BCUT2D eigenvalue weighted by Crippen LogP contribution is -2.35. The Kier molecular flexibility index (Phi) is 7.29. The zero-order chi connectivity index (χ0) is 18.2. The van der Waals surface area contributed by atoms with Crippen molar-refractivity contribution in [2.24, 2.45) is 11.8 Å². The maximum atomic E-state index is 12.6. The molecule has 1 aliphatic carbocycles. The van der Waals surface area contributed by atoms with Crippen LogP contribution in [-0.4, -0.2) is 24.5 Å². The molecule has 0 atom stereocenters. The van der Waals surface area contributed by atoms with Gasteiger partial charge < -0.3 is 15.4 Å². The second-order valence-electron chi connectivity index (χ2n) is 6.99. The van der Waals surface area contributed by atoms with Gasteiger partial charge in [-0.25, -0.2) is 0 Å². The van der Waals surface area contributed by atoms with Crippen LogP contribution in [0, 0.1) is 11.8 Å². The number of hydrogen-bond acceptors (Lipinski definition) is 3. The molecule has 1 saturated carbocycles. The summed E-state index contributed by atoms with van der Waals surface area (Å²) in [7, 11) is 0. The van der Waals surface area contributed by atoms with Crippen LogP contribution >= 0.6 is 0 Å². The van der Waals surface area contributed by atoms with Crippen LogP contribution in [0.25, 0.3) is 0 Å². The van der Waals surface area contributed by atoms with E-state index in [1.807, 2.05) is 45.0 Å². The molecule has 2 amide bonds. The molecule has 0 spiro atoms. The number of nitrogens with one attached hydrogen (secondary N) is 2. The molecular weight excluding hydrogens is 316 g/mol. The first kappa shape index (κ1) is 19.3. The fourth-order valence-corrected chi connectivity index (χ4v) is 3.17. The Morgan fingerprint density at radius 2 is 1.68 bits per heavy atom. The number of rotatable bonds is 7. The molecule has 138 valence electrons. The minimum absolute atomic E-state index is 0.0206. The maximum Gasteiger partial charge on any atom is 0.227 e. The van der Waals surface area contributed by atoms with Crippen LogP contribution in [0.5, 0.6) is 5.75 Å². The van der Waals surface area contributed by atoms with Crippen molar-refractivity contribution in [3.05, 3.63) is 24.3 Å². The quantitative estimate of drug-likeness (QED) is 0.790. The maximum absolute atomic E-state index is 12.6. The second-order valence-corrected chi connectivity index (χ2v) is 6.99. The van der Waals surface area contributed by atoms with Gasteiger partial charge in [-0.05, 0) is 58.1 Å². The molecule has 2 rings (SSSR count). The first-order valence-corrected chi connectivity index (χ1v) is 9.35. The summed E-state index contributed by atoms with van der Waals surface area (Å²) in [5.41, 5.74) is 0.712. The molecular formula is C20H30N2O3. The molecule has 0 bridgehead atoms. The summed E-state index contributed by atoms with van der Waals surface area (Å²) < 4.78 is 5.75. The van der Waals surface area contributed by atoms with Crippen molar-refractivity contribution in [2.45, 2.75) is 59.0 Å². The average Bonchev–Trinajstić information content (AvgIpc) is 2.61. The summed E-state index contributed by atoms with van der Waals surface area (Å²) in [6, 6.07) is 7.51. The first-order chi connectivity index (χ1) is 12.0. The second kappa shape index (κ2) is 9.44. The van der Waals surface area contributed by atoms with Crippen LogP contribution in [0.1, 0.15) is 52.9 Å². The predicted octanol–water partition coefficient (Wildman–Crippen LogP) is 3.74. The van der Waals surface area contributed by atoms with E-state index in [-0.39, 0.29) is 29.8 Å². The van der Waals surface area contributed by atoms with Gasteiger partial charge in [0, 0.05) is 18.4 Å². The Labute approximate surface area is 150 Å². The summed E-state index contributed by atoms with van der Waals surface area (Å²) in [5.74, 6) is 0.858. The van der Waals surface area contributed by atoms with Crippen molar-refractivity contribution < 1.29 is 14.3 Å². The molecule has 5 heteroatoms. The molecule has 1 aromatic rings. The van der Waals surface area contributed by atoms with Gasteiger partial charge in [-0.3, -0.25) is 9.59 Å². The number of hydrogen-bond donors (Lipinski definition) is 2. The third kappa shape index (κ3) is 5.76. The third-order valence-electron chi connectivity index (χ3n) is 4.53. The van der Waals surface area contributed by atoms with E-state index in [2.05, 4.69) is 10.6 Å². The number of anilines is 1. The SMILES string of the molecule is CCCNC(=O)C1CCC(C(=O)Nc2ccccc2OC(C)C)CC1. The van der Waals surface area contributed by atoms with Crippen molar-refractivity contribution in [1.82, 2.24) is 5.32 Å². The van der Waals surface area contributed by atoms with Crippen molar-refractivity contribution in [3.63, 3.8) is 0 Å². The highest BCUT2D eigenvalue weighted by Crippen LogP contribution is 2.31. The Balaban J connectivity index is 1.88. The lowest BCUT2D eigenvalue weighted by atomic mass is 9.81. The van der Waals surface area contributed by atoms with Crippen molar-refractivity contribution in [3.8, 4) is 5.75 Å². The lowest BCUT2D eigenvalue weighted by molar-refractivity contribution is -0.128. The molecule has 1 aromatic carbocycles. The summed E-state index contributed by atoms with van der Waals surface area (Å²) in [6.07, 6.45) is 4.05. The molecule has 0 radical (unpaired) electrons. The van der Waals surface area contributed by atoms with E-state index in [1.54, 1.807) is 0 Å². The van der Waals surface area contributed by atoms with Gasteiger partial charge in [0.2, 0.25) is 11.8 Å². The summed E-state index contributed by atoms with van der Waals surface area (Å²) in [5, 5.41) is 5.96. The molecule has 0 unspecified atom stereocenters. The van der Waals surface area contributed by atoms with E-state index in [0.717, 1.165) is 38.6 Å². The molecule has 0 aliphatic heterocycles. The van der Waals surface area contributed by atoms with Gasteiger partial charge in [0.1, 0.15) is 5.75 Å². The smallest absolute Gasteiger partial charge is 0.227 e. The molecule has 0 saturated heterocycles. The van der Waals surface area contributed by atoms with Crippen molar-refractivity contribution in [2.75, 3.05) is 11.9 Å². The van der Waals surface area contributed by atoms with Crippen molar-refractivity contribution >= 4 is 17.5 Å². The summed E-state index contributed by atoms with van der Waals surface area (Å²) in [6.45, 7) is 6.70. The zero-order valence-electron chi connectivity index (χ0n) is 15.5. The van der Waals surface area contributed by atoms with E-state index < -0.39 is 0 Å². The number of carbonyl (C=O) groups excluding carboxylic acids is 2. The predicted molar refractivity (Wildman–Crippen MR) is 99.6 cm³/mol. The van der Waals surface area contributed by atoms with E-state index in [0.29, 0.717) is 11.4 Å². The Hall–Kier alpha value is -2.04. The van der Waals surface area contributed by atoms with E-state index in [1.165, 1.54) is 0 Å². The van der Waals surface area contributed by atoms with Crippen LogP contribution in [-0.2, 0) is 9.59 Å². The van der Waals surface area contributed by atoms with E-state index in [9.17, 15) is 9.59 Å². The highest BCUT2D eigenvalue weighted by molar-refractivity contribution is 5.94. The summed E-state index contributed by atoms with van der Waals surface area (Å²) in [4.78, 5) is 24.6. The molecule has 1 aliphatic rings. The Morgan fingerprint density at radius 1 is 1.08 bits per heavy atom. The average molecular weight is 346 g/mol. The number of ether oxygens (including phenoxy) is 1. The van der Waals surface area contributed by atoms with E-state index >= 15 is 0 Å². The van der Waals surface area contributed by atoms with Crippen LogP contribution in [0.3, 0.4) is 0 Å². The van der Waals surface area contributed by atoms with Crippen LogP contribution < -0.4 is 15.4 Å². The van der Waals surface area contributed by atoms with Gasteiger partial charge in [-0.2, -0.15) is 0 Å². The first-order valence-electron chi connectivity index (χ1n) is 9.35. The molecule has 5 nitrogen and oxygen atoms in total. The van der Waals surface area contributed by atoms with Gasteiger partial charge in [0.25, 0.3) is 0 Å². The molecule has 2 N–H and O–H groups in total. The fraction of sp³-hybridized carbons (Fsp3) is 0.600. The Bertz CT molecular complexity index is 578. The van der Waals surface area contributed by atoms with Gasteiger partial charge in [0.15, 0.2) is 0 Å². The minimum Gasteiger partial charge on any atom is -0.489 e. The fourth-order valence-electron chi connectivity index (χ4n) is 3.17. The molecule has 1 fully saturated rings. The third-order valence-corrected chi connectivity index (χ3v) is 4.53. The zero-order valence-corrected chi connectivity index (χ0v) is 15.5. The van der Waals surface area contributed by atoms with Gasteiger partial charge in [-0.15, -0.1) is 0 Å². The highest BCUT2D eigenvalue weighted by Gasteiger charge is 2.30. The minimum atomic E-state index is -0.0395. The number of para-hydroxylation sites is 2. The van der Waals surface area contributed by atoms with Crippen LogP contribution in [0.2, 0.25) is 0 Å². The van der Waals surface area contributed by atoms with Crippen molar-refractivity contribution in [1.29, 1.82) is 0 Å². The van der Waals surface area contributed by atoms with Gasteiger partial charge >= 0.3 is 0 Å². The number of benzene rings is 1. The molecule has 25 heavy (non-hydrogen) atoms. The Morgan fingerprint density at radius 3 is 2.28 bits per heavy atom. The molecule has 0 aromatic heterocycles. The standard InChI is InChI=1S/C20H30N2O3/c1-4-13-21-19(23)15-9-11-16(12-10-15)20(24)22-17-7-5-6-8-18(17)25-14(2)3/h5-8,14-16H,4,9-13H2,1-3H3,(H,21,23)(H,22,24). The van der Waals surface area contributed by atoms with E-state index in [4.69, 9.17) is 4.74 Å². The van der Waals surface area contributed by atoms with Gasteiger partial charge in [-0.1, -0.05) is 19.1 Å². The summed E-state index contributed by atoms with van der Waals surface area (Å²) >= 11 is 0. The highest BCUT2D eigenvalue weighted by atomic mass is 16.5. The van der Waals surface area contributed by atoms with Crippen LogP contribution in [0.15, 0.2) is 24.3 Å². The van der Waals surface area contributed by atoms with Gasteiger partial charge in [0.05, 0.1) is 11.8 Å². The topological polar surface area (TPSA) is 67.4 Å². The lowest BCUT2D eigenvalue weighted by Gasteiger charge is -2.27. The molecule has 0 heterocycles.